The Morgan fingerprint density at radius 3 is 2.81 bits per heavy atom. The first kappa shape index (κ1) is 20.0. The summed E-state index contributed by atoms with van der Waals surface area (Å²) in [5.41, 5.74) is 2.37. The minimum absolute atomic E-state index is 0.159. The highest BCUT2D eigenvalue weighted by atomic mass is 19.4. The lowest BCUT2D eigenvalue weighted by Crippen LogP contribution is -2.40. The minimum Gasteiger partial charge on any atom is -0.491 e. The van der Waals surface area contributed by atoms with Crippen molar-refractivity contribution in [1.29, 1.82) is 0 Å². The molecule has 0 radical (unpaired) electrons. The normalized spacial score (nSPS) is 17.1. The lowest BCUT2D eigenvalue weighted by Gasteiger charge is -2.26. The van der Waals surface area contributed by atoms with Crippen molar-refractivity contribution in [2.75, 3.05) is 19.8 Å². The number of hydrogen-bond acceptors (Lipinski definition) is 5. The maximum absolute atomic E-state index is 12.3. The van der Waals surface area contributed by atoms with Crippen molar-refractivity contribution in [3.8, 4) is 5.75 Å². The fraction of sp³-hybridized carbons (Fsp3) is 0.500. The van der Waals surface area contributed by atoms with Crippen molar-refractivity contribution in [3.63, 3.8) is 0 Å². The molecule has 0 fully saturated rings. The summed E-state index contributed by atoms with van der Waals surface area (Å²) in [6.45, 7) is 0.381. The van der Waals surface area contributed by atoms with Gasteiger partial charge >= 0.3 is 6.18 Å². The van der Waals surface area contributed by atoms with Gasteiger partial charge in [0.05, 0.1) is 19.1 Å². The number of carbonyl (C=O) groups excluding carboxylic acids is 2. The second-order valence-electron chi connectivity index (χ2n) is 5.86. The number of nitrogens with one attached hydrogen (secondary N) is 1. The van der Waals surface area contributed by atoms with Crippen LogP contribution >= 0.6 is 0 Å². The minimum atomic E-state index is -4.43. The van der Waals surface area contributed by atoms with E-state index in [0.717, 1.165) is 0 Å². The molecular formula is C16H19F3N2O5. The molecule has 0 saturated carbocycles. The van der Waals surface area contributed by atoms with Crippen LogP contribution in [-0.2, 0) is 16.1 Å². The Kier molecular flexibility index (Phi) is 6.43. The van der Waals surface area contributed by atoms with Gasteiger partial charge in [-0.3, -0.25) is 14.8 Å². The molecule has 1 unspecified atom stereocenters. The predicted octanol–water partition coefficient (Wildman–Crippen LogP) is 1.88. The van der Waals surface area contributed by atoms with E-state index in [1.807, 2.05) is 0 Å². The number of benzene rings is 1. The Balaban J connectivity index is 2.02. The topological polar surface area (TPSA) is 88.1 Å². The van der Waals surface area contributed by atoms with Gasteiger partial charge in [0.15, 0.2) is 0 Å². The molecule has 7 nitrogen and oxygen atoms in total. The number of ether oxygens (including phenoxy) is 2. The van der Waals surface area contributed by atoms with Gasteiger partial charge in [-0.2, -0.15) is 13.2 Å². The van der Waals surface area contributed by atoms with E-state index >= 15 is 0 Å². The van der Waals surface area contributed by atoms with Crippen molar-refractivity contribution < 1.29 is 37.4 Å². The number of hydrogen-bond donors (Lipinski definition) is 2. The molecule has 0 spiro atoms. The summed E-state index contributed by atoms with van der Waals surface area (Å²) in [5.74, 6) is -0.640. The second-order valence-corrected chi connectivity index (χ2v) is 5.86. The molecule has 1 aliphatic heterocycles. The molecule has 2 N–H and O–H groups in total. The number of alkyl halides is 3. The standard InChI is InChI=1S/C16H19F3N2O5/c1-10-8-26-13-6-11(15(23)20-24)2-3-12(13)7-21(10)14(22)4-5-25-9-16(17,18)19/h2-3,6,10,24H,4-5,7-9H2,1H3,(H,20,23). The van der Waals surface area contributed by atoms with Crippen LogP contribution in [0.3, 0.4) is 0 Å². The van der Waals surface area contributed by atoms with Crippen molar-refractivity contribution in [2.45, 2.75) is 32.1 Å². The molecule has 2 rings (SSSR count). The van der Waals surface area contributed by atoms with E-state index in [4.69, 9.17) is 9.94 Å². The summed E-state index contributed by atoms with van der Waals surface area (Å²) in [5, 5.41) is 8.68. The summed E-state index contributed by atoms with van der Waals surface area (Å²) in [4.78, 5) is 25.3. The van der Waals surface area contributed by atoms with E-state index in [1.54, 1.807) is 13.0 Å². The van der Waals surface area contributed by atoms with E-state index in [0.29, 0.717) is 11.3 Å². The Morgan fingerprint density at radius 2 is 2.15 bits per heavy atom. The molecule has 1 aliphatic rings. The van der Waals surface area contributed by atoms with Crippen molar-refractivity contribution >= 4 is 11.8 Å². The smallest absolute Gasteiger partial charge is 0.411 e. The van der Waals surface area contributed by atoms with Gasteiger partial charge < -0.3 is 14.4 Å². The highest BCUT2D eigenvalue weighted by Gasteiger charge is 2.29. The first-order chi connectivity index (χ1) is 12.2. The van der Waals surface area contributed by atoms with E-state index < -0.39 is 18.7 Å². The zero-order valence-electron chi connectivity index (χ0n) is 14.0. The second kappa shape index (κ2) is 8.37. The van der Waals surface area contributed by atoms with Gasteiger partial charge in [0.2, 0.25) is 5.91 Å². The van der Waals surface area contributed by atoms with Crippen LogP contribution in [-0.4, -0.2) is 54.0 Å². The first-order valence-corrected chi connectivity index (χ1v) is 7.85. The van der Waals surface area contributed by atoms with Gasteiger partial charge in [-0.15, -0.1) is 0 Å². The lowest BCUT2D eigenvalue weighted by molar-refractivity contribution is -0.175. The Bertz CT molecular complexity index is 666. The van der Waals surface area contributed by atoms with Crippen LogP contribution in [0.2, 0.25) is 0 Å². The van der Waals surface area contributed by atoms with Gasteiger partial charge in [0.25, 0.3) is 5.91 Å². The maximum atomic E-state index is 12.3. The quantitative estimate of drug-likeness (QED) is 0.466. The zero-order chi connectivity index (χ0) is 19.3. The van der Waals surface area contributed by atoms with Crippen LogP contribution in [0.4, 0.5) is 13.2 Å². The van der Waals surface area contributed by atoms with Crippen molar-refractivity contribution in [2.24, 2.45) is 0 Å². The van der Waals surface area contributed by atoms with Crippen LogP contribution in [0.15, 0.2) is 18.2 Å². The molecule has 1 heterocycles. The molecule has 1 aromatic rings. The molecule has 1 aromatic carbocycles. The first-order valence-electron chi connectivity index (χ1n) is 7.85. The molecule has 0 aliphatic carbocycles. The fourth-order valence-corrected chi connectivity index (χ4v) is 2.49. The van der Waals surface area contributed by atoms with Gasteiger partial charge in [-0.05, 0) is 19.1 Å². The number of nitrogens with zero attached hydrogens (tertiary/aromatic N) is 1. The van der Waals surface area contributed by atoms with Gasteiger partial charge in [0, 0.05) is 17.7 Å². The third-order valence-corrected chi connectivity index (χ3v) is 3.83. The van der Waals surface area contributed by atoms with Crippen LogP contribution in [0.25, 0.3) is 0 Å². The van der Waals surface area contributed by atoms with E-state index in [9.17, 15) is 22.8 Å². The monoisotopic (exact) mass is 376 g/mol. The van der Waals surface area contributed by atoms with E-state index in [2.05, 4.69) is 4.74 Å². The zero-order valence-corrected chi connectivity index (χ0v) is 14.0. The highest BCUT2D eigenvalue weighted by Crippen LogP contribution is 2.27. The molecular weight excluding hydrogens is 357 g/mol. The Labute approximate surface area is 147 Å². The van der Waals surface area contributed by atoms with Gasteiger partial charge in [-0.25, -0.2) is 5.48 Å². The summed E-state index contributed by atoms with van der Waals surface area (Å²) in [6, 6.07) is 4.21. The Morgan fingerprint density at radius 1 is 1.42 bits per heavy atom. The van der Waals surface area contributed by atoms with Crippen LogP contribution in [0.1, 0.15) is 29.3 Å². The molecule has 10 heteroatoms. The summed E-state index contributed by atoms with van der Waals surface area (Å²) < 4.78 is 46.2. The van der Waals surface area contributed by atoms with E-state index in [1.165, 1.54) is 22.5 Å². The number of hydroxylamine groups is 1. The average molecular weight is 376 g/mol. The summed E-state index contributed by atoms with van der Waals surface area (Å²) in [7, 11) is 0. The lowest BCUT2D eigenvalue weighted by atomic mass is 10.1. The van der Waals surface area contributed by atoms with Crippen molar-refractivity contribution in [1.82, 2.24) is 10.4 Å². The number of carbonyl (C=O) groups is 2. The maximum Gasteiger partial charge on any atom is 0.411 e. The van der Waals surface area contributed by atoms with Crippen LogP contribution in [0, 0.1) is 0 Å². The number of fused-ring (bicyclic) bond motifs is 1. The molecule has 1 atom stereocenters. The van der Waals surface area contributed by atoms with Crippen LogP contribution < -0.4 is 10.2 Å². The fourth-order valence-electron chi connectivity index (χ4n) is 2.49. The highest BCUT2D eigenvalue weighted by molar-refractivity contribution is 5.93. The van der Waals surface area contributed by atoms with Crippen molar-refractivity contribution in [3.05, 3.63) is 29.3 Å². The number of halogens is 3. The predicted molar refractivity (Wildman–Crippen MR) is 82.7 cm³/mol. The van der Waals surface area contributed by atoms with Gasteiger partial charge in [0.1, 0.15) is 19.0 Å². The summed E-state index contributed by atoms with van der Waals surface area (Å²) in [6.07, 6.45) is -4.61. The van der Waals surface area contributed by atoms with Gasteiger partial charge in [-0.1, -0.05) is 6.07 Å². The number of amides is 2. The molecule has 0 aromatic heterocycles. The Hall–Kier alpha value is -2.33. The third-order valence-electron chi connectivity index (χ3n) is 3.83. The molecule has 2 amide bonds. The van der Waals surface area contributed by atoms with E-state index in [-0.39, 0.29) is 43.7 Å². The van der Waals surface area contributed by atoms with Crippen LogP contribution in [0.5, 0.6) is 5.75 Å². The largest absolute Gasteiger partial charge is 0.491 e. The molecule has 0 saturated heterocycles. The average Bonchev–Trinajstić information content (AvgIpc) is 2.75. The number of rotatable bonds is 5. The SMILES string of the molecule is CC1COc2cc(C(=O)NO)ccc2CN1C(=O)CCOCC(F)(F)F. The molecule has 0 bridgehead atoms. The summed E-state index contributed by atoms with van der Waals surface area (Å²) >= 11 is 0. The molecule has 26 heavy (non-hydrogen) atoms. The third kappa shape index (κ3) is 5.33. The molecule has 144 valence electrons.